The molecular weight excluding hydrogens is 200 g/mol. The number of methoxy groups -OCH3 is 2. The van der Waals surface area contributed by atoms with Gasteiger partial charge >= 0.3 is 0 Å². The Balaban J connectivity index is 2.81. The van der Waals surface area contributed by atoms with E-state index in [-0.39, 0.29) is 5.75 Å². The lowest BCUT2D eigenvalue weighted by atomic mass is 10.2. The second-order valence-corrected chi connectivity index (χ2v) is 3.71. The van der Waals surface area contributed by atoms with Crippen molar-refractivity contribution in [1.82, 2.24) is 0 Å². The molecule has 1 aromatic carbocycles. The van der Waals surface area contributed by atoms with Crippen molar-refractivity contribution in [2.75, 3.05) is 14.2 Å². The quantitative estimate of drug-likeness (QED) is 0.828. The molecule has 0 bridgehead atoms. The lowest BCUT2D eigenvalue weighted by molar-refractivity contribution is 0.374. The molecule has 4 heteroatoms. The summed E-state index contributed by atoms with van der Waals surface area (Å²) in [7, 11) is 3.14. The van der Waals surface area contributed by atoms with Gasteiger partial charge in [-0.3, -0.25) is 0 Å². The zero-order valence-corrected chi connectivity index (χ0v) is 8.72. The van der Waals surface area contributed by atoms with Crippen LogP contribution in [0.5, 0.6) is 17.2 Å². The standard InChI is InChI=1S/C10H10O3S/c1-12-7-5-14-8-4-3-6(11)10(13-2)9(7)8/h3-5,11H,1-2H3. The Morgan fingerprint density at radius 2 is 2.00 bits per heavy atom. The first kappa shape index (κ1) is 9.15. The van der Waals surface area contributed by atoms with E-state index in [2.05, 4.69) is 0 Å². The second kappa shape index (κ2) is 3.38. The summed E-state index contributed by atoms with van der Waals surface area (Å²) in [5, 5.41) is 12.3. The highest BCUT2D eigenvalue weighted by Gasteiger charge is 2.13. The third kappa shape index (κ3) is 1.19. The van der Waals surface area contributed by atoms with Crippen LogP contribution >= 0.6 is 11.3 Å². The van der Waals surface area contributed by atoms with E-state index in [0.29, 0.717) is 5.75 Å². The maximum Gasteiger partial charge on any atom is 0.172 e. The van der Waals surface area contributed by atoms with Gasteiger partial charge in [-0.2, -0.15) is 0 Å². The molecule has 0 spiro atoms. The van der Waals surface area contributed by atoms with Gasteiger partial charge in [-0.1, -0.05) is 0 Å². The minimum atomic E-state index is 0.136. The average Bonchev–Trinajstić information content (AvgIpc) is 2.61. The molecule has 74 valence electrons. The van der Waals surface area contributed by atoms with Crippen molar-refractivity contribution in [2.24, 2.45) is 0 Å². The third-order valence-corrected chi connectivity index (χ3v) is 2.99. The Labute approximate surface area is 85.5 Å². The predicted molar refractivity (Wildman–Crippen MR) is 56.6 cm³/mol. The first-order valence-electron chi connectivity index (χ1n) is 4.09. The van der Waals surface area contributed by atoms with Gasteiger partial charge in [0.05, 0.1) is 19.6 Å². The molecule has 1 N–H and O–H groups in total. The number of rotatable bonds is 2. The number of hydrogen-bond acceptors (Lipinski definition) is 4. The highest BCUT2D eigenvalue weighted by molar-refractivity contribution is 7.17. The minimum absolute atomic E-state index is 0.136. The van der Waals surface area contributed by atoms with Crippen LogP contribution in [-0.2, 0) is 0 Å². The monoisotopic (exact) mass is 210 g/mol. The summed E-state index contributed by atoms with van der Waals surface area (Å²) >= 11 is 1.56. The number of aromatic hydroxyl groups is 1. The van der Waals surface area contributed by atoms with Gasteiger partial charge in [0.2, 0.25) is 0 Å². The summed E-state index contributed by atoms with van der Waals surface area (Å²) < 4.78 is 11.4. The number of ether oxygens (including phenoxy) is 2. The Morgan fingerprint density at radius 3 is 2.64 bits per heavy atom. The molecule has 3 nitrogen and oxygen atoms in total. The van der Waals surface area contributed by atoms with Crippen LogP contribution in [0.4, 0.5) is 0 Å². The predicted octanol–water partition coefficient (Wildman–Crippen LogP) is 2.62. The van der Waals surface area contributed by atoms with Crippen LogP contribution in [0.15, 0.2) is 17.5 Å². The first-order valence-corrected chi connectivity index (χ1v) is 4.97. The molecule has 1 heterocycles. The van der Waals surface area contributed by atoms with Crippen molar-refractivity contribution >= 4 is 21.4 Å². The normalized spacial score (nSPS) is 10.4. The Hall–Kier alpha value is -1.42. The van der Waals surface area contributed by atoms with Gasteiger partial charge in [0.25, 0.3) is 0 Å². The van der Waals surface area contributed by atoms with Gasteiger partial charge in [-0.25, -0.2) is 0 Å². The summed E-state index contributed by atoms with van der Waals surface area (Å²) in [4.78, 5) is 0. The minimum Gasteiger partial charge on any atom is -0.504 e. The SMILES string of the molecule is COc1csc2ccc(O)c(OC)c12. The van der Waals surface area contributed by atoms with Crippen LogP contribution in [-0.4, -0.2) is 19.3 Å². The maximum absolute atomic E-state index is 9.57. The molecule has 0 saturated carbocycles. The molecule has 1 aromatic heterocycles. The van der Waals surface area contributed by atoms with Crippen LogP contribution < -0.4 is 9.47 Å². The molecule has 2 rings (SSSR count). The van der Waals surface area contributed by atoms with Crippen molar-refractivity contribution in [1.29, 1.82) is 0 Å². The highest BCUT2D eigenvalue weighted by Crippen LogP contribution is 2.43. The van der Waals surface area contributed by atoms with Gasteiger partial charge in [-0.15, -0.1) is 11.3 Å². The van der Waals surface area contributed by atoms with Crippen molar-refractivity contribution in [3.8, 4) is 17.2 Å². The zero-order valence-electron chi connectivity index (χ0n) is 7.90. The Morgan fingerprint density at radius 1 is 1.21 bits per heavy atom. The second-order valence-electron chi connectivity index (χ2n) is 2.80. The van der Waals surface area contributed by atoms with Crippen LogP contribution in [0.2, 0.25) is 0 Å². The molecule has 2 aromatic rings. The topological polar surface area (TPSA) is 38.7 Å². The molecule has 0 atom stereocenters. The number of benzene rings is 1. The van der Waals surface area contributed by atoms with E-state index in [1.807, 2.05) is 11.4 Å². The number of hydrogen-bond donors (Lipinski definition) is 1. The molecule has 0 aliphatic heterocycles. The Kier molecular flexibility index (Phi) is 2.21. The molecule has 0 radical (unpaired) electrons. The summed E-state index contributed by atoms with van der Waals surface area (Å²) in [5.74, 6) is 1.34. The van der Waals surface area contributed by atoms with Crippen molar-refractivity contribution < 1.29 is 14.6 Å². The highest BCUT2D eigenvalue weighted by atomic mass is 32.1. The molecule has 14 heavy (non-hydrogen) atoms. The molecule has 0 aliphatic rings. The first-order chi connectivity index (χ1) is 6.77. The molecule has 0 saturated heterocycles. The summed E-state index contributed by atoms with van der Waals surface area (Å²) in [5.41, 5.74) is 0. The summed E-state index contributed by atoms with van der Waals surface area (Å²) in [6.07, 6.45) is 0. The summed E-state index contributed by atoms with van der Waals surface area (Å²) in [6.45, 7) is 0. The molecule has 0 amide bonds. The van der Waals surface area contributed by atoms with Crippen LogP contribution in [0.1, 0.15) is 0 Å². The van der Waals surface area contributed by atoms with Crippen LogP contribution in [0, 0.1) is 0 Å². The smallest absolute Gasteiger partial charge is 0.172 e. The lowest BCUT2D eigenvalue weighted by Gasteiger charge is -2.06. The van der Waals surface area contributed by atoms with E-state index in [0.717, 1.165) is 15.8 Å². The van der Waals surface area contributed by atoms with Gasteiger partial charge < -0.3 is 14.6 Å². The number of fused-ring (bicyclic) bond motifs is 1. The molecular formula is C10H10O3S. The molecule has 0 aliphatic carbocycles. The number of phenols is 1. The van der Waals surface area contributed by atoms with Crippen LogP contribution in [0.3, 0.4) is 0 Å². The van der Waals surface area contributed by atoms with E-state index in [1.165, 1.54) is 7.11 Å². The fourth-order valence-corrected chi connectivity index (χ4v) is 2.32. The Bertz CT molecular complexity index is 462. The number of thiophene rings is 1. The van der Waals surface area contributed by atoms with Crippen LogP contribution in [0.25, 0.3) is 10.1 Å². The van der Waals surface area contributed by atoms with Gasteiger partial charge in [0.15, 0.2) is 11.5 Å². The van der Waals surface area contributed by atoms with Crippen molar-refractivity contribution in [3.63, 3.8) is 0 Å². The average molecular weight is 210 g/mol. The lowest BCUT2D eigenvalue weighted by Crippen LogP contribution is -1.86. The van der Waals surface area contributed by atoms with Crippen molar-refractivity contribution in [3.05, 3.63) is 17.5 Å². The zero-order chi connectivity index (χ0) is 10.1. The van der Waals surface area contributed by atoms with E-state index < -0.39 is 0 Å². The van der Waals surface area contributed by atoms with E-state index >= 15 is 0 Å². The van der Waals surface area contributed by atoms with E-state index in [1.54, 1.807) is 24.5 Å². The fraction of sp³-hybridized carbons (Fsp3) is 0.200. The van der Waals surface area contributed by atoms with Gasteiger partial charge in [0.1, 0.15) is 5.75 Å². The van der Waals surface area contributed by atoms with Gasteiger partial charge in [0, 0.05) is 10.1 Å². The summed E-state index contributed by atoms with van der Waals surface area (Å²) in [6, 6.07) is 3.47. The van der Waals surface area contributed by atoms with Crippen molar-refractivity contribution in [2.45, 2.75) is 0 Å². The third-order valence-electron chi connectivity index (χ3n) is 2.06. The molecule has 0 fully saturated rings. The maximum atomic E-state index is 9.57. The fourth-order valence-electron chi connectivity index (χ4n) is 1.42. The van der Waals surface area contributed by atoms with E-state index in [9.17, 15) is 5.11 Å². The largest absolute Gasteiger partial charge is 0.504 e. The molecule has 0 unspecified atom stereocenters. The van der Waals surface area contributed by atoms with E-state index in [4.69, 9.17) is 9.47 Å². The number of phenolic OH excluding ortho intramolecular Hbond substituents is 1. The van der Waals surface area contributed by atoms with Gasteiger partial charge in [-0.05, 0) is 12.1 Å².